The van der Waals surface area contributed by atoms with Gasteiger partial charge < -0.3 is 16.2 Å². The zero-order valence-electron chi connectivity index (χ0n) is 20.5. The molecule has 1 aliphatic carbocycles. The Labute approximate surface area is 231 Å². The Morgan fingerprint density at radius 2 is 1.82 bits per heavy atom. The SMILES string of the molecule is CC1([C@H]2CN(/C(=N/S(=O)(=O)c3ccc(Cl)cc3)N[C@@H](CO)C(N)=O)N=C2c2ccc(Cl)cc2)C=CC=CC1. The highest BCUT2D eigenvalue weighted by atomic mass is 35.5. The van der Waals surface area contributed by atoms with Crippen molar-refractivity contribution in [2.45, 2.75) is 24.3 Å². The summed E-state index contributed by atoms with van der Waals surface area (Å²) in [6.45, 7) is 1.67. The van der Waals surface area contributed by atoms with Gasteiger partial charge in [-0.05, 0) is 53.8 Å². The number of benzene rings is 2. The molecule has 0 fully saturated rings. The lowest BCUT2D eigenvalue weighted by atomic mass is 9.70. The van der Waals surface area contributed by atoms with Crippen molar-refractivity contribution in [1.82, 2.24) is 10.3 Å². The highest BCUT2D eigenvalue weighted by molar-refractivity contribution is 7.90. The highest BCUT2D eigenvalue weighted by Gasteiger charge is 2.42. The number of guanidine groups is 1. The van der Waals surface area contributed by atoms with Crippen molar-refractivity contribution < 1.29 is 18.3 Å². The molecule has 2 aromatic carbocycles. The summed E-state index contributed by atoms with van der Waals surface area (Å²) in [6.07, 6.45) is 8.84. The van der Waals surface area contributed by atoms with Gasteiger partial charge in [-0.15, -0.1) is 4.40 Å². The van der Waals surface area contributed by atoms with Crippen LogP contribution in [0.3, 0.4) is 0 Å². The van der Waals surface area contributed by atoms with Crippen molar-refractivity contribution >= 4 is 50.8 Å². The molecule has 0 spiro atoms. The minimum Gasteiger partial charge on any atom is -0.394 e. The monoisotopic (exact) mass is 575 g/mol. The van der Waals surface area contributed by atoms with E-state index in [1.807, 2.05) is 24.3 Å². The second kappa shape index (κ2) is 11.3. The van der Waals surface area contributed by atoms with E-state index in [9.17, 15) is 18.3 Å². The number of amides is 1. The molecule has 2 aliphatic rings. The van der Waals surface area contributed by atoms with Crippen LogP contribution in [0.1, 0.15) is 18.9 Å². The van der Waals surface area contributed by atoms with E-state index in [0.717, 1.165) is 12.0 Å². The summed E-state index contributed by atoms with van der Waals surface area (Å²) in [5, 5.41) is 19.5. The number of nitrogens with one attached hydrogen (secondary N) is 1. The fourth-order valence-corrected chi connectivity index (χ4v) is 5.53. The number of nitrogens with two attached hydrogens (primary N) is 1. The lowest BCUT2D eigenvalue weighted by Gasteiger charge is -2.34. The van der Waals surface area contributed by atoms with E-state index in [0.29, 0.717) is 15.8 Å². The summed E-state index contributed by atoms with van der Waals surface area (Å²) in [7, 11) is -4.26. The molecule has 3 atom stereocenters. The molecule has 0 saturated carbocycles. The summed E-state index contributed by atoms with van der Waals surface area (Å²) >= 11 is 12.0. The van der Waals surface area contributed by atoms with E-state index in [-0.39, 0.29) is 28.7 Å². The summed E-state index contributed by atoms with van der Waals surface area (Å²) in [5.41, 5.74) is 6.58. The Hall–Kier alpha value is -3.18. The molecule has 0 radical (unpaired) electrons. The van der Waals surface area contributed by atoms with Gasteiger partial charge in [0.1, 0.15) is 6.04 Å². The first kappa shape index (κ1) is 27.8. The van der Waals surface area contributed by atoms with Crippen molar-refractivity contribution in [3.63, 3.8) is 0 Å². The second-order valence-corrected chi connectivity index (χ2v) is 11.7. The predicted octanol–water partition coefficient (Wildman–Crippen LogP) is 3.33. The first-order chi connectivity index (χ1) is 18.0. The lowest BCUT2D eigenvalue weighted by Crippen LogP contribution is -2.51. The Morgan fingerprint density at radius 3 is 2.37 bits per heavy atom. The van der Waals surface area contributed by atoms with Gasteiger partial charge in [0.05, 0.1) is 23.8 Å². The van der Waals surface area contributed by atoms with E-state index < -0.39 is 28.6 Å². The molecule has 2 aromatic rings. The molecule has 0 aromatic heterocycles. The number of halogens is 2. The quantitative estimate of drug-likeness (QED) is 0.342. The van der Waals surface area contributed by atoms with Crippen molar-refractivity contribution in [1.29, 1.82) is 0 Å². The third-order valence-electron chi connectivity index (χ3n) is 6.52. The van der Waals surface area contributed by atoms with Crippen LogP contribution in [0, 0.1) is 11.3 Å². The number of primary amides is 1. The van der Waals surface area contributed by atoms with Crippen LogP contribution in [-0.4, -0.2) is 55.3 Å². The summed E-state index contributed by atoms with van der Waals surface area (Å²) < 4.78 is 30.4. The first-order valence-corrected chi connectivity index (χ1v) is 14.0. The fraction of sp³-hybridized carbons (Fsp3) is 0.269. The maximum atomic E-state index is 13.2. The van der Waals surface area contributed by atoms with Crippen LogP contribution in [0.25, 0.3) is 0 Å². The number of aliphatic hydroxyl groups is 1. The summed E-state index contributed by atoms with van der Waals surface area (Å²) in [5.74, 6) is -1.31. The molecule has 1 heterocycles. The number of hydrogen-bond donors (Lipinski definition) is 3. The van der Waals surface area contributed by atoms with E-state index in [1.54, 1.807) is 12.1 Å². The van der Waals surface area contributed by atoms with Gasteiger partial charge in [-0.2, -0.15) is 13.5 Å². The molecule has 4 N–H and O–H groups in total. The van der Waals surface area contributed by atoms with Crippen LogP contribution in [0.4, 0.5) is 0 Å². The molecule has 0 saturated heterocycles. The molecule has 200 valence electrons. The van der Waals surface area contributed by atoms with E-state index in [1.165, 1.54) is 29.3 Å². The molecule has 4 rings (SSSR count). The molecule has 1 unspecified atom stereocenters. The Kier molecular flexibility index (Phi) is 8.27. The number of allylic oxidation sites excluding steroid dienone is 4. The van der Waals surface area contributed by atoms with Crippen molar-refractivity contribution in [2.24, 2.45) is 26.6 Å². The molecule has 1 aliphatic heterocycles. The smallest absolute Gasteiger partial charge is 0.285 e. The molecule has 12 heteroatoms. The van der Waals surface area contributed by atoms with Crippen molar-refractivity contribution in [2.75, 3.05) is 13.2 Å². The van der Waals surface area contributed by atoms with Gasteiger partial charge >= 0.3 is 0 Å². The van der Waals surface area contributed by atoms with E-state index in [4.69, 9.17) is 34.0 Å². The van der Waals surface area contributed by atoms with Gasteiger partial charge in [-0.3, -0.25) is 4.79 Å². The second-order valence-electron chi connectivity index (χ2n) is 9.25. The third-order valence-corrected chi connectivity index (χ3v) is 8.31. The van der Waals surface area contributed by atoms with E-state index >= 15 is 0 Å². The van der Waals surface area contributed by atoms with Gasteiger partial charge in [0.25, 0.3) is 10.0 Å². The maximum Gasteiger partial charge on any atom is 0.285 e. The largest absolute Gasteiger partial charge is 0.394 e. The minimum atomic E-state index is -4.26. The average Bonchev–Trinajstić information content (AvgIpc) is 3.34. The number of aliphatic hydroxyl groups excluding tert-OH is 1. The topological polar surface area (TPSA) is 137 Å². The molecular weight excluding hydrogens is 549 g/mol. The lowest BCUT2D eigenvalue weighted by molar-refractivity contribution is -0.120. The fourth-order valence-electron chi connectivity index (χ4n) is 4.32. The van der Waals surface area contributed by atoms with Gasteiger partial charge in [-0.25, -0.2) is 5.01 Å². The van der Waals surface area contributed by atoms with Crippen molar-refractivity contribution in [3.8, 4) is 0 Å². The van der Waals surface area contributed by atoms with Crippen LogP contribution in [0.5, 0.6) is 0 Å². The molecule has 38 heavy (non-hydrogen) atoms. The number of hydrazone groups is 1. The molecular formula is C26H27Cl2N5O4S. The van der Waals surface area contributed by atoms with Gasteiger partial charge in [0.2, 0.25) is 11.9 Å². The number of nitrogens with zero attached hydrogens (tertiary/aromatic N) is 3. The maximum absolute atomic E-state index is 13.2. The number of carbonyl (C=O) groups is 1. The summed E-state index contributed by atoms with van der Waals surface area (Å²) in [4.78, 5) is 11.8. The standard InChI is InChI=1S/C26H27Cl2N5O4S/c1-26(13-3-2-4-14-26)21-15-33(31-23(21)17-5-7-18(27)8-6-17)25(30-22(16-34)24(29)35)32-38(36,37)20-11-9-19(28)10-12-20/h2-13,21-22,34H,14-16H2,1H3,(H2,29,35)(H,30,32)/t21-,22-,26?/m0/s1. The normalized spacial score (nSPS) is 22.3. The minimum absolute atomic E-state index is 0.106. The van der Waals surface area contributed by atoms with Crippen LogP contribution in [-0.2, 0) is 14.8 Å². The number of hydrogen-bond acceptors (Lipinski definition) is 5. The van der Waals surface area contributed by atoms with Crippen LogP contribution < -0.4 is 11.1 Å². The zero-order valence-corrected chi connectivity index (χ0v) is 22.8. The van der Waals surface area contributed by atoms with E-state index in [2.05, 4.69) is 28.8 Å². The average molecular weight is 577 g/mol. The van der Waals surface area contributed by atoms with Gasteiger partial charge in [-0.1, -0.05) is 66.6 Å². The van der Waals surface area contributed by atoms with Crippen LogP contribution >= 0.6 is 23.2 Å². The number of rotatable bonds is 7. The number of carbonyl (C=O) groups excluding carboxylic acids is 1. The predicted molar refractivity (Wildman–Crippen MR) is 148 cm³/mol. The first-order valence-electron chi connectivity index (χ1n) is 11.8. The summed E-state index contributed by atoms with van der Waals surface area (Å²) in [6, 6.07) is 11.4. The Bertz CT molecular complexity index is 1420. The van der Waals surface area contributed by atoms with Gasteiger partial charge in [0.15, 0.2) is 0 Å². The Morgan fingerprint density at radius 1 is 1.18 bits per heavy atom. The molecule has 9 nitrogen and oxygen atoms in total. The van der Waals surface area contributed by atoms with Crippen LogP contribution in [0.15, 0.2) is 87.2 Å². The van der Waals surface area contributed by atoms with Crippen molar-refractivity contribution in [3.05, 3.63) is 88.4 Å². The molecule has 1 amide bonds. The zero-order chi connectivity index (χ0) is 27.5. The highest BCUT2D eigenvalue weighted by Crippen LogP contribution is 2.41. The molecule has 0 bridgehead atoms. The van der Waals surface area contributed by atoms with Crippen LogP contribution in [0.2, 0.25) is 10.0 Å². The van der Waals surface area contributed by atoms with Gasteiger partial charge in [0, 0.05) is 16.0 Å². The Balaban J connectivity index is 1.81. The third kappa shape index (κ3) is 6.10. The number of sulfonamides is 1.